The van der Waals surface area contributed by atoms with Gasteiger partial charge in [0.1, 0.15) is 22.3 Å². The number of anilines is 4. The minimum Gasteiger partial charge on any atom is -0.455 e. The number of rotatable bonds is 5. The van der Waals surface area contributed by atoms with Crippen LogP contribution in [0.1, 0.15) is 173 Å². The summed E-state index contributed by atoms with van der Waals surface area (Å²) in [5, 5.41) is 4.53. The number of furan rings is 2. The molecule has 398 valence electrons. The Balaban J connectivity index is 1.17. The number of fused-ring (bicyclic) bond motifs is 13. The predicted octanol–water partition coefficient (Wildman–Crippen LogP) is 20.1. The van der Waals surface area contributed by atoms with E-state index in [1.807, 2.05) is 6.08 Å². The third-order valence-corrected chi connectivity index (χ3v) is 20.8. The predicted molar refractivity (Wildman–Crippen MR) is 337 cm³/mol. The molecule has 0 unspecified atom stereocenters. The molecular weight excluding hydrogens is 960 g/mol. The minimum atomic E-state index is -0.235. The van der Waals surface area contributed by atoms with Crippen molar-refractivity contribution in [2.45, 2.75) is 168 Å². The van der Waals surface area contributed by atoms with E-state index in [1.54, 1.807) is 0 Å². The monoisotopic (exact) mass is 1040 g/mol. The van der Waals surface area contributed by atoms with E-state index in [0.29, 0.717) is 0 Å². The zero-order valence-electron chi connectivity index (χ0n) is 49.4. The van der Waals surface area contributed by atoms with Gasteiger partial charge in [-0.15, -0.1) is 0 Å². The highest BCUT2D eigenvalue weighted by molar-refractivity contribution is 6.88. The quantitative estimate of drug-likeness (QED) is 0.127. The standard InChI is InChI=1S/C74H77BN2O2/c1-16-45(46-22-18-17-19-23-46)37-60-44(3)75-66-61(76(60)59-41-56-53(36-43(59)2)70(6,7)32-34-73(56,12)13)40-51-48-24-20-21-25-62(48)78-68(51)65(66)64-58(77(75)47-26-28-52-54(38-47)71(8,9)31-30-69(52,4)5)29-27-49-50-39-55-57(42-63(50)79-67(49)64)74(14,15)35-33-72(55,10)11/h16-29,36-42H,1,30-35H2,2-15H3/b45-37+. The van der Waals surface area contributed by atoms with Crippen molar-refractivity contribution < 1.29 is 8.83 Å². The molecule has 0 N–H and O–H groups in total. The lowest BCUT2D eigenvalue weighted by Gasteiger charge is -2.48. The van der Waals surface area contributed by atoms with Crippen LogP contribution in [0.4, 0.5) is 22.7 Å². The Morgan fingerprint density at radius 3 is 1.70 bits per heavy atom. The summed E-state index contributed by atoms with van der Waals surface area (Å²) in [5.74, 6) is 0. The maximum Gasteiger partial charge on any atom is 0.328 e. The average Bonchev–Trinajstić information content (AvgIpc) is 2.76. The summed E-state index contributed by atoms with van der Waals surface area (Å²) in [6.07, 6.45) is 11.3. The van der Waals surface area contributed by atoms with Crippen molar-refractivity contribution in [2.75, 3.05) is 9.71 Å². The van der Waals surface area contributed by atoms with Gasteiger partial charge < -0.3 is 18.5 Å². The van der Waals surface area contributed by atoms with Crippen molar-refractivity contribution in [2.24, 2.45) is 0 Å². The van der Waals surface area contributed by atoms with Crippen LogP contribution < -0.4 is 15.2 Å². The number of hydrogen-bond donors (Lipinski definition) is 0. The Hall–Kier alpha value is -6.98. The van der Waals surface area contributed by atoms with Crippen LogP contribution >= 0.6 is 0 Å². The van der Waals surface area contributed by atoms with Gasteiger partial charge in [-0.25, -0.2) is 0 Å². The molecule has 2 aliphatic heterocycles. The topological polar surface area (TPSA) is 32.8 Å². The fourth-order valence-electron chi connectivity index (χ4n) is 15.5. The molecule has 5 heteroatoms. The number of benzene rings is 7. The maximum absolute atomic E-state index is 7.61. The van der Waals surface area contributed by atoms with Crippen molar-refractivity contribution >= 4 is 84.5 Å². The van der Waals surface area contributed by atoms with Gasteiger partial charge in [0, 0.05) is 55.6 Å². The lowest BCUT2D eigenvalue weighted by Crippen LogP contribution is -2.55. The molecule has 4 heterocycles. The van der Waals surface area contributed by atoms with Crippen molar-refractivity contribution in [3.05, 3.63) is 190 Å². The fourth-order valence-corrected chi connectivity index (χ4v) is 15.5. The van der Waals surface area contributed by atoms with E-state index >= 15 is 0 Å². The van der Waals surface area contributed by atoms with Crippen LogP contribution in [0.5, 0.6) is 0 Å². The molecule has 2 aromatic heterocycles. The summed E-state index contributed by atoms with van der Waals surface area (Å²) in [6.45, 7) is 38.3. The number of allylic oxidation sites excluding steroid dienone is 4. The molecule has 14 rings (SSSR count). The van der Waals surface area contributed by atoms with Crippen molar-refractivity contribution in [1.29, 1.82) is 0 Å². The summed E-state index contributed by atoms with van der Waals surface area (Å²) < 4.78 is 15.0. The summed E-state index contributed by atoms with van der Waals surface area (Å²) in [7, 11) is 0. The van der Waals surface area contributed by atoms with E-state index in [1.165, 1.54) is 66.6 Å². The number of aryl methyl sites for hydroxylation is 1. The van der Waals surface area contributed by atoms with Gasteiger partial charge in [0.25, 0.3) is 0 Å². The highest BCUT2D eigenvalue weighted by Crippen LogP contribution is 2.58. The van der Waals surface area contributed by atoms with Crippen LogP contribution in [0, 0.1) is 6.92 Å². The molecule has 9 aromatic rings. The van der Waals surface area contributed by atoms with Crippen LogP contribution in [-0.2, 0) is 32.5 Å². The second kappa shape index (κ2) is 16.6. The molecule has 5 aliphatic rings. The van der Waals surface area contributed by atoms with E-state index < -0.39 is 0 Å². The SMILES string of the molecule is C=C/C(=C\C1=C(C)B2c3c(cc4c(oc5ccccc54)c3-c3c(ccc4c3oc3cc5c(cc34)C(C)(C)CCC5(C)C)N2c2ccc3c(c2)C(C)(C)CCC3(C)C)N1c1cc2c(cc1C)C(C)(C)CCC2(C)C)c1ccccc1. The van der Waals surface area contributed by atoms with Gasteiger partial charge in [-0.3, -0.25) is 0 Å². The average molecular weight is 1040 g/mol. The Morgan fingerprint density at radius 1 is 0.481 bits per heavy atom. The van der Waals surface area contributed by atoms with Crippen LogP contribution in [-0.4, -0.2) is 6.85 Å². The van der Waals surface area contributed by atoms with Crippen LogP contribution in [0.15, 0.2) is 154 Å². The highest BCUT2D eigenvalue weighted by atomic mass is 16.3. The zero-order chi connectivity index (χ0) is 55.2. The van der Waals surface area contributed by atoms with E-state index in [2.05, 4.69) is 235 Å². The van der Waals surface area contributed by atoms with E-state index in [0.717, 1.165) is 116 Å². The van der Waals surface area contributed by atoms with Gasteiger partial charge in [0.05, 0.1) is 5.56 Å². The first kappa shape index (κ1) is 50.3. The normalized spacial score (nSPS) is 20.1. The summed E-state index contributed by atoms with van der Waals surface area (Å²) in [6, 6.07) is 44.2. The van der Waals surface area contributed by atoms with E-state index in [4.69, 9.17) is 8.83 Å². The van der Waals surface area contributed by atoms with Gasteiger partial charge in [0.15, 0.2) is 0 Å². The van der Waals surface area contributed by atoms with E-state index in [9.17, 15) is 0 Å². The molecule has 0 atom stereocenters. The molecule has 0 spiro atoms. The van der Waals surface area contributed by atoms with Gasteiger partial charge in [-0.1, -0.05) is 162 Å². The van der Waals surface area contributed by atoms with Gasteiger partial charge >= 0.3 is 6.85 Å². The minimum absolute atomic E-state index is 0.00461. The molecule has 0 saturated carbocycles. The summed E-state index contributed by atoms with van der Waals surface area (Å²) >= 11 is 0. The molecule has 0 radical (unpaired) electrons. The number of nitrogens with zero attached hydrogens (tertiary/aromatic N) is 2. The summed E-state index contributed by atoms with van der Waals surface area (Å²) in [4.78, 5) is 5.34. The molecular formula is C74H77BN2O2. The third kappa shape index (κ3) is 7.18. The zero-order valence-corrected chi connectivity index (χ0v) is 49.4. The molecule has 3 aliphatic carbocycles. The summed E-state index contributed by atoms with van der Waals surface area (Å²) in [5.41, 5.74) is 26.4. The Morgan fingerprint density at radius 2 is 1.04 bits per heavy atom. The highest BCUT2D eigenvalue weighted by Gasteiger charge is 2.49. The lowest BCUT2D eigenvalue weighted by atomic mass is 9.43. The van der Waals surface area contributed by atoms with Crippen LogP contribution in [0.25, 0.3) is 60.6 Å². The van der Waals surface area contributed by atoms with E-state index in [-0.39, 0.29) is 39.3 Å². The first-order chi connectivity index (χ1) is 37.4. The lowest BCUT2D eigenvalue weighted by molar-refractivity contribution is 0.332. The third-order valence-electron chi connectivity index (χ3n) is 20.8. The number of para-hydroxylation sites is 1. The molecule has 0 fully saturated rings. The second-order valence-corrected chi connectivity index (χ2v) is 28.6. The Kier molecular flexibility index (Phi) is 10.5. The van der Waals surface area contributed by atoms with Crippen molar-refractivity contribution in [1.82, 2.24) is 0 Å². The number of hydrogen-bond acceptors (Lipinski definition) is 4. The van der Waals surface area contributed by atoms with Crippen LogP contribution in [0.2, 0.25) is 0 Å². The largest absolute Gasteiger partial charge is 0.455 e. The molecule has 7 aromatic carbocycles. The Bertz CT molecular complexity index is 4200. The van der Waals surface area contributed by atoms with Crippen LogP contribution in [0.3, 0.4) is 0 Å². The second-order valence-electron chi connectivity index (χ2n) is 28.6. The molecule has 0 saturated heterocycles. The molecule has 0 amide bonds. The maximum atomic E-state index is 7.61. The molecule has 4 nitrogen and oxygen atoms in total. The first-order valence-electron chi connectivity index (χ1n) is 29.4. The van der Waals surface area contributed by atoms with Crippen molar-refractivity contribution in [3.8, 4) is 11.1 Å². The first-order valence-corrected chi connectivity index (χ1v) is 29.4. The smallest absolute Gasteiger partial charge is 0.328 e. The fraction of sp³-hybridized carbons (Fsp3) is 0.351. The molecule has 79 heavy (non-hydrogen) atoms. The van der Waals surface area contributed by atoms with Gasteiger partial charge in [-0.05, 0) is 201 Å². The van der Waals surface area contributed by atoms with Gasteiger partial charge in [-0.2, -0.15) is 0 Å². The van der Waals surface area contributed by atoms with Crippen molar-refractivity contribution in [3.63, 3.8) is 0 Å². The molecule has 0 bridgehead atoms. The van der Waals surface area contributed by atoms with Gasteiger partial charge in [0.2, 0.25) is 0 Å². The Labute approximate surface area is 469 Å².